The van der Waals surface area contributed by atoms with Crippen molar-refractivity contribution in [1.82, 2.24) is 29.4 Å². The van der Waals surface area contributed by atoms with Crippen molar-refractivity contribution in [3.8, 4) is 0 Å². The highest BCUT2D eigenvalue weighted by atomic mass is 15.4. The summed E-state index contributed by atoms with van der Waals surface area (Å²) < 4.78 is 0. The number of hydrogen-bond donors (Lipinski definition) is 0. The Morgan fingerprint density at radius 2 is 0.523 bits per heavy atom. The molecule has 10 bridgehead atoms. The van der Waals surface area contributed by atoms with E-state index in [0.717, 1.165) is 144 Å². The van der Waals surface area contributed by atoms with Crippen LogP contribution in [-0.4, -0.2) is 140 Å². The fourth-order valence-electron chi connectivity index (χ4n) is 16.6. The van der Waals surface area contributed by atoms with E-state index in [9.17, 15) is 0 Å². The highest BCUT2D eigenvalue weighted by Crippen LogP contribution is 2.48. The minimum Gasteiger partial charge on any atom is -0.298 e. The number of hydrogen-bond acceptors (Lipinski definition) is 6. The van der Waals surface area contributed by atoms with Crippen molar-refractivity contribution in [2.45, 2.75) is 294 Å². The van der Waals surface area contributed by atoms with Crippen molar-refractivity contribution >= 4 is 0 Å². The summed E-state index contributed by atoms with van der Waals surface area (Å²) in [6, 6.07) is 11.9. The Morgan fingerprint density at radius 1 is 0.246 bits per heavy atom. The molecule has 6 nitrogen and oxygen atoms in total. The summed E-state index contributed by atoms with van der Waals surface area (Å²) in [4.78, 5) is 16.2. The van der Waals surface area contributed by atoms with Crippen molar-refractivity contribution in [2.75, 3.05) is 26.2 Å². The van der Waals surface area contributed by atoms with Gasteiger partial charge in [0.15, 0.2) is 0 Å². The zero-order chi connectivity index (χ0) is 47.9. The van der Waals surface area contributed by atoms with E-state index in [2.05, 4.69) is 168 Å². The van der Waals surface area contributed by atoms with E-state index in [1.807, 2.05) is 0 Å². The van der Waals surface area contributed by atoms with Gasteiger partial charge in [-0.25, -0.2) is 0 Å². The lowest BCUT2D eigenvalue weighted by atomic mass is 9.69. The van der Waals surface area contributed by atoms with Gasteiger partial charge in [0.25, 0.3) is 0 Å². The number of piperazine rings is 1. The molecule has 12 atom stereocenters. The lowest BCUT2D eigenvalue weighted by molar-refractivity contribution is -0.0811. The Bertz CT molecular complexity index is 1170. The van der Waals surface area contributed by atoms with E-state index < -0.39 is 0 Å². The second-order valence-corrected chi connectivity index (χ2v) is 27.4. The zero-order valence-corrected chi connectivity index (χ0v) is 47.1. The van der Waals surface area contributed by atoms with Gasteiger partial charge in [-0.15, -0.1) is 0 Å². The van der Waals surface area contributed by atoms with E-state index >= 15 is 0 Å². The minimum atomic E-state index is 0.740. The number of piperidine rings is 4. The summed E-state index contributed by atoms with van der Waals surface area (Å²) in [6.07, 6.45) is 16.2. The zero-order valence-electron chi connectivity index (χ0n) is 47.1. The minimum absolute atomic E-state index is 0.740. The number of rotatable bonds is 10. The highest BCUT2D eigenvalue weighted by Gasteiger charge is 2.50. The molecule has 8 heterocycles. The molecule has 4 saturated carbocycles. The van der Waals surface area contributed by atoms with E-state index in [0.29, 0.717) is 0 Å². The van der Waals surface area contributed by atoms with Crippen LogP contribution in [0.25, 0.3) is 0 Å². The van der Waals surface area contributed by atoms with E-state index in [1.165, 1.54) is 96.8 Å². The molecule has 6 heteroatoms. The van der Waals surface area contributed by atoms with Crippen molar-refractivity contribution < 1.29 is 0 Å². The molecule has 0 spiro atoms. The third-order valence-corrected chi connectivity index (χ3v) is 20.1. The third kappa shape index (κ3) is 12.5. The summed E-state index contributed by atoms with van der Waals surface area (Å²) in [6.45, 7) is 52.5. The quantitative estimate of drug-likeness (QED) is 0.216. The first-order valence-corrected chi connectivity index (χ1v) is 29.0. The molecular formula is C59H114N6. The molecule has 8 aliphatic heterocycles. The Balaban J connectivity index is 0.000000135. The summed E-state index contributed by atoms with van der Waals surface area (Å²) in [5, 5.41) is 0. The summed E-state index contributed by atoms with van der Waals surface area (Å²) in [5.41, 5.74) is 0. The number of fused-ring (bicyclic) bond motifs is 10. The topological polar surface area (TPSA) is 19.4 Å². The van der Waals surface area contributed by atoms with Crippen LogP contribution in [-0.2, 0) is 0 Å². The molecule has 0 aromatic rings. The molecule has 12 fully saturated rings. The molecule has 0 aromatic heterocycles. The Kier molecular flexibility index (Phi) is 19.0. The van der Waals surface area contributed by atoms with Crippen LogP contribution in [0.1, 0.15) is 209 Å². The summed E-state index contributed by atoms with van der Waals surface area (Å²) in [5.74, 6) is 9.74. The van der Waals surface area contributed by atoms with Crippen molar-refractivity contribution in [3.05, 3.63) is 0 Å². The van der Waals surface area contributed by atoms with Gasteiger partial charge in [0.1, 0.15) is 0 Å². The van der Waals surface area contributed by atoms with Crippen LogP contribution >= 0.6 is 0 Å². The van der Waals surface area contributed by atoms with Crippen LogP contribution in [0.5, 0.6) is 0 Å². The van der Waals surface area contributed by atoms with E-state index in [1.54, 1.807) is 0 Å². The fraction of sp³-hybridized carbons (Fsp3) is 1.00. The molecule has 0 aromatic carbocycles. The van der Waals surface area contributed by atoms with Crippen LogP contribution in [0.3, 0.4) is 0 Å². The maximum absolute atomic E-state index is 2.74. The van der Waals surface area contributed by atoms with Crippen LogP contribution < -0.4 is 0 Å². The van der Waals surface area contributed by atoms with Gasteiger partial charge in [-0.2, -0.15) is 0 Å². The van der Waals surface area contributed by atoms with Gasteiger partial charge in [0, 0.05) is 111 Å². The van der Waals surface area contributed by atoms with Crippen LogP contribution in [0, 0.1) is 59.2 Å². The van der Waals surface area contributed by atoms with Gasteiger partial charge in [-0.1, -0.05) is 55.4 Å². The highest BCUT2D eigenvalue weighted by molar-refractivity contribution is 5.04. The molecule has 12 aliphatic rings. The smallest absolute Gasteiger partial charge is 0.0242 e. The molecule has 65 heavy (non-hydrogen) atoms. The van der Waals surface area contributed by atoms with Gasteiger partial charge >= 0.3 is 0 Å². The third-order valence-electron chi connectivity index (χ3n) is 20.1. The summed E-state index contributed by atoms with van der Waals surface area (Å²) in [7, 11) is 0. The van der Waals surface area contributed by atoms with Gasteiger partial charge < -0.3 is 0 Å². The predicted octanol–water partition coefficient (Wildman–Crippen LogP) is 12.9. The normalized spacial score (nSPS) is 38.9. The monoisotopic (exact) mass is 907 g/mol. The van der Waals surface area contributed by atoms with Crippen LogP contribution in [0.15, 0.2) is 0 Å². The lowest BCUT2D eigenvalue weighted by Gasteiger charge is -2.58. The first-order chi connectivity index (χ1) is 30.5. The fourth-order valence-corrected chi connectivity index (χ4v) is 16.6. The van der Waals surface area contributed by atoms with Gasteiger partial charge in [0.05, 0.1) is 0 Å². The van der Waals surface area contributed by atoms with E-state index in [-0.39, 0.29) is 0 Å². The number of likely N-dealkylation sites (tertiary alicyclic amines) is 4. The average molecular weight is 908 g/mol. The molecule has 12 rings (SSSR count). The molecule has 0 N–H and O–H groups in total. The van der Waals surface area contributed by atoms with Crippen molar-refractivity contribution in [1.29, 1.82) is 0 Å². The second-order valence-electron chi connectivity index (χ2n) is 27.4. The Morgan fingerprint density at radius 3 is 0.723 bits per heavy atom. The largest absolute Gasteiger partial charge is 0.298 e. The van der Waals surface area contributed by atoms with Gasteiger partial charge in [0.2, 0.25) is 0 Å². The van der Waals surface area contributed by atoms with Crippen LogP contribution in [0.2, 0.25) is 0 Å². The first kappa shape index (κ1) is 54.1. The average Bonchev–Trinajstić information content (AvgIpc) is 4.10. The van der Waals surface area contributed by atoms with E-state index in [4.69, 9.17) is 0 Å². The van der Waals surface area contributed by atoms with Crippen molar-refractivity contribution in [2.24, 2.45) is 59.2 Å². The SMILES string of the molecule is CC(C)C1CC2CC(C1)N2C(C)C.CC(C)C1CC2CC(C1)N2C(C)C.CC(C)C1CC2CC1CN2C(C)C.CC(C)C1CC2CC1CN2C(C)C.CC(C)N1CC2CC1CN2C(C)C. The molecule has 4 aliphatic carbocycles. The first-order valence-electron chi connectivity index (χ1n) is 29.0. The van der Waals surface area contributed by atoms with Crippen LogP contribution in [0.4, 0.5) is 0 Å². The van der Waals surface area contributed by atoms with Gasteiger partial charge in [-0.3, -0.25) is 29.4 Å². The maximum atomic E-state index is 2.74. The lowest BCUT2D eigenvalue weighted by Crippen LogP contribution is -2.63. The van der Waals surface area contributed by atoms with Crippen molar-refractivity contribution in [3.63, 3.8) is 0 Å². The van der Waals surface area contributed by atoms with Gasteiger partial charge in [-0.05, 0) is 213 Å². The predicted molar refractivity (Wildman–Crippen MR) is 283 cm³/mol. The Labute approximate surface area is 406 Å². The molecule has 380 valence electrons. The molecule has 0 amide bonds. The second kappa shape index (κ2) is 22.9. The molecule has 8 saturated heterocycles. The maximum Gasteiger partial charge on any atom is 0.0242 e. The standard InChI is InChI=1S/4C12H23N.C11H22N2/c2*1-8(2)12-6-11-5-10(12)7-13(11)9(3)4;2*1-8(2)10-5-11-7-12(6-10)13(11)9(3)4;1-8(2)12-6-11-5-10(12)7-13(11)9(3)4/h4*8-12H,5-7H2,1-4H3;8-11H,5-7H2,1-4H3. The molecule has 0 radical (unpaired) electrons. The Hall–Kier alpha value is -0.240. The molecule has 12 unspecified atom stereocenters. The molecular weight excluding hydrogens is 793 g/mol. The summed E-state index contributed by atoms with van der Waals surface area (Å²) >= 11 is 0. The number of nitrogens with zero attached hydrogens (tertiary/aromatic N) is 6.